The Bertz CT molecular complexity index is 1770. The third-order valence-electron chi connectivity index (χ3n) is 7.60. The molecule has 42 heavy (non-hydrogen) atoms. The zero-order valence-electron chi connectivity index (χ0n) is 22.1. The molecule has 1 saturated heterocycles. The number of nitro groups is 1. The third-order valence-corrected chi connectivity index (χ3v) is 7.60. The lowest BCUT2D eigenvalue weighted by Crippen LogP contribution is -2.30. The summed E-state index contributed by atoms with van der Waals surface area (Å²) >= 11 is 0. The first kappa shape index (κ1) is 26.7. The molecular formula is C32H23N3O7. The predicted octanol–water partition coefficient (Wildman–Crippen LogP) is 5.31. The van der Waals surface area contributed by atoms with Gasteiger partial charge in [0.1, 0.15) is 0 Å². The third kappa shape index (κ3) is 4.83. The number of aromatic nitrogens is 1. The van der Waals surface area contributed by atoms with Crippen LogP contribution in [0.2, 0.25) is 0 Å². The van der Waals surface area contributed by atoms with Crippen molar-refractivity contribution < 1.29 is 28.8 Å². The standard InChI is InChI=1S/C32H23N3O7/c36-29(20-11-15-22(16-12-20)35(40)41)18-42-32(39)26-17-28(33-27-8-4-3-5-23(26)27)19-9-13-21(14-10-19)34-30(37)24-6-1-2-7-25(24)31(34)38/h1-5,8-17,24-25H,6-7,18H2. The predicted molar refractivity (Wildman–Crippen MR) is 153 cm³/mol. The van der Waals surface area contributed by atoms with E-state index in [0.717, 1.165) is 0 Å². The molecule has 0 bridgehead atoms. The number of ketones is 1. The minimum Gasteiger partial charge on any atom is -0.454 e. The number of esters is 1. The number of Topliss-reactive ketones (excluding diaryl/α,β-unsaturated/α-hetero) is 1. The van der Waals surface area contributed by atoms with Crippen molar-refractivity contribution in [1.29, 1.82) is 0 Å². The fourth-order valence-corrected chi connectivity index (χ4v) is 5.39. The fourth-order valence-electron chi connectivity index (χ4n) is 5.39. The maximum absolute atomic E-state index is 13.2. The first-order valence-electron chi connectivity index (χ1n) is 13.3. The molecule has 0 saturated carbocycles. The molecule has 10 heteroatoms. The number of carbonyl (C=O) groups excluding carboxylic acids is 4. The number of allylic oxidation sites excluding steroid dienone is 2. The number of anilines is 1. The summed E-state index contributed by atoms with van der Waals surface area (Å²) in [6.45, 7) is -0.549. The first-order valence-corrected chi connectivity index (χ1v) is 13.3. The van der Waals surface area contributed by atoms with Gasteiger partial charge < -0.3 is 4.74 Å². The number of amides is 2. The topological polar surface area (TPSA) is 137 Å². The molecule has 2 atom stereocenters. The maximum Gasteiger partial charge on any atom is 0.339 e. The van der Waals surface area contributed by atoms with Crippen LogP contribution in [0.25, 0.3) is 22.2 Å². The molecule has 4 aromatic rings. The van der Waals surface area contributed by atoms with Gasteiger partial charge in [0, 0.05) is 28.6 Å². The molecule has 1 aromatic heterocycles. The van der Waals surface area contributed by atoms with E-state index < -0.39 is 23.3 Å². The molecule has 10 nitrogen and oxygen atoms in total. The summed E-state index contributed by atoms with van der Waals surface area (Å²) in [6.07, 6.45) is 5.00. The highest BCUT2D eigenvalue weighted by Crippen LogP contribution is 2.38. The summed E-state index contributed by atoms with van der Waals surface area (Å²) < 4.78 is 5.34. The summed E-state index contributed by atoms with van der Waals surface area (Å²) in [6, 6.07) is 20.5. The molecule has 6 rings (SSSR count). The van der Waals surface area contributed by atoms with Crippen molar-refractivity contribution in [2.24, 2.45) is 11.8 Å². The molecule has 2 amide bonds. The molecule has 2 unspecified atom stereocenters. The molecule has 0 N–H and O–H groups in total. The molecule has 2 heterocycles. The van der Waals surface area contributed by atoms with E-state index >= 15 is 0 Å². The Morgan fingerprint density at radius 2 is 1.55 bits per heavy atom. The monoisotopic (exact) mass is 561 g/mol. The molecule has 2 aliphatic rings. The van der Waals surface area contributed by atoms with Gasteiger partial charge in [-0.1, -0.05) is 42.5 Å². The lowest BCUT2D eigenvalue weighted by atomic mass is 9.85. The van der Waals surface area contributed by atoms with E-state index in [-0.39, 0.29) is 40.5 Å². The lowest BCUT2D eigenvalue weighted by molar-refractivity contribution is -0.384. The molecule has 1 aliphatic heterocycles. The highest BCUT2D eigenvalue weighted by atomic mass is 16.6. The normalized spacial score (nSPS) is 17.8. The van der Waals surface area contributed by atoms with E-state index in [1.54, 1.807) is 54.6 Å². The second-order valence-electron chi connectivity index (χ2n) is 10.1. The highest BCUT2D eigenvalue weighted by molar-refractivity contribution is 6.22. The number of nitro benzene ring substituents is 1. The Hall–Kier alpha value is -5.51. The Kier molecular flexibility index (Phi) is 6.87. The smallest absolute Gasteiger partial charge is 0.339 e. The maximum atomic E-state index is 13.2. The van der Waals surface area contributed by atoms with E-state index in [1.165, 1.54) is 29.2 Å². The average Bonchev–Trinajstić information content (AvgIpc) is 3.28. The van der Waals surface area contributed by atoms with E-state index in [9.17, 15) is 29.3 Å². The number of carbonyl (C=O) groups is 4. The lowest BCUT2D eigenvalue weighted by Gasteiger charge is -2.15. The van der Waals surface area contributed by atoms with Gasteiger partial charge in [0.15, 0.2) is 12.4 Å². The van der Waals surface area contributed by atoms with Gasteiger partial charge >= 0.3 is 5.97 Å². The molecule has 1 aliphatic carbocycles. The zero-order valence-corrected chi connectivity index (χ0v) is 22.1. The number of pyridine rings is 1. The van der Waals surface area contributed by atoms with Crippen LogP contribution < -0.4 is 4.90 Å². The minimum atomic E-state index is -0.730. The summed E-state index contributed by atoms with van der Waals surface area (Å²) in [5.74, 6) is -2.28. The van der Waals surface area contributed by atoms with Crippen molar-refractivity contribution in [3.63, 3.8) is 0 Å². The Morgan fingerprint density at radius 1 is 0.905 bits per heavy atom. The number of rotatable bonds is 7. The van der Waals surface area contributed by atoms with Crippen LogP contribution in [0.4, 0.5) is 11.4 Å². The minimum absolute atomic E-state index is 0.152. The van der Waals surface area contributed by atoms with Crippen molar-refractivity contribution in [1.82, 2.24) is 4.98 Å². The first-order chi connectivity index (χ1) is 20.3. The number of benzene rings is 3. The fraction of sp³-hybridized carbons (Fsp3) is 0.156. The quantitative estimate of drug-likeness (QED) is 0.0740. The molecular weight excluding hydrogens is 538 g/mol. The Balaban J connectivity index is 1.24. The molecule has 0 spiro atoms. The van der Waals surface area contributed by atoms with Gasteiger partial charge in [-0.15, -0.1) is 0 Å². The number of hydrogen-bond donors (Lipinski definition) is 0. The van der Waals surface area contributed by atoms with Crippen LogP contribution in [-0.4, -0.2) is 40.1 Å². The van der Waals surface area contributed by atoms with Gasteiger partial charge in [-0.05, 0) is 49.2 Å². The second-order valence-corrected chi connectivity index (χ2v) is 10.1. The van der Waals surface area contributed by atoms with Crippen LogP contribution in [-0.2, 0) is 14.3 Å². The van der Waals surface area contributed by atoms with Crippen molar-refractivity contribution in [3.05, 3.63) is 112 Å². The average molecular weight is 562 g/mol. The molecule has 1 fully saturated rings. The SMILES string of the molecule is O=C(COC(=O)c1cc(-c2ccc(N3C(=O)C4CC=CCC4C3=O)cc2)nc2ccccc12)c1ccc([N+](=O)[O-])cc1. The molecule has 208 valence electrons. The van der Waals surface area contributed by atoms with Crippen LogP contribution in [0.1, 0.15) is 33.6 Å². The zero-order chi connectivity index (χ0) is 29.4. The highest BCUT2D eigenvalue weighted by Gasteiger charge is 2.47. The van der Waals surface area contributed by atoms with Crippen molar-refractivity contribution in [2.75, 3.05) is 11.5 Å². The van der Waals surface area contributed by atoms with E-state index in [1.807, 2.05) is 12.2 Å². The van der Waals surface area contributed by atoms with Crippen LogP contribution in [0.3, 0.4) is 0 Å². The van der Waals surface area contributed by atoms with E-state index in [0.29, 0.717) is 40.7 Å². The van der Waals surface area contributed by atoms with Gasteiger partial charge in [0.25, 0.3) is 5.69 Å². The number of nitrogens with zero attached hydrogens (tertiary/aromatic N) is 3. The van der Waals surface area contributed by atoms with Crippen molar-refractivity contribution >= 4 is 45.8 Å². The molecule has 0 radical (unpaired) electrons. The van der Waals surface area contributed by atoms with Crippen molar-refractivity contribution in [2.45, 2.75) is 12.8 Å². The Labute approximate surface area is 239 Å². The number of para-hydroxylation sites is 1. The Morgan fingerprint density at radius 3 is 2.19 bits per heavy atom. The van der Waals surface area contributed by atoms with Crippen LogP contribution in [0, 0.1) is 22.0 Å². The summed E-state index contributed by atoms with van der Waals surface area (Å²) in [4.78, 5) is 67.9. The van der Waals surface area contributed by atoms with Crippen LogP contribution in [0.5, 0.6) is 0 Å². The summed E-state index contributed by atoms with van der Waals surface area (Å²) in [5.41, 5.74) is 2.37. The van der Waals surface area contributed by atoms with Gasteiger partial charge in [0.2, 0.25) is 11.8 Å². The number of non-ortho nitro benzene ring substituents is 1. The number of hydrogen-bond acceptors (Lipinski definition) is 8. The van der Waals surface area contributed by atoms with Gasteiger partial charge in [0.05, 0.1) is 39.2 Å². The summed E-state index contributed by atoms with van der Waals surface area (Å²) in [7, 11) is 0. The van der Waals surface area contributed by atoms with Crippen LogP contribution in [0.15, 0.2) is 91.0 Å². The number of imide groups is 1. The second kappa shape index (κ2) is 10.8. The van der Waals surface area contributed by atoms with E-state index in [4.69, 9.17) is 4.74 Å². The number of fused-ring (bicyclic) bond motifs is 2. The largest absolute Gasteiger partial charge is 0.454 e. The van der Waals surface area contributed by atoms with Crippen LogP contribution >= 0.6 is 0 Å². The van der Waals surface area contributed by atoms with Gasteiger partial charge in [-0.25, -0.2) is 9.78 Å². The van der Waals surface area contributed by atoms with Crippen molar-refractivity contribution in [3.8, 4) is 11.3 Å². The summed E-state index contributed by atoms with van der Waals surface area (Å²) in [5, 5.41) is 11.4. The number of ether oxygens (including phenoxy) is 1. The van der Waals surface area contributed by atoms with Gasteiger partial charge in [-0.2, -0.15) is 0 Å². The van der Waals surface area contributed by atoms with E-state index in [2.05, 4.69) is 4.98 Å². The van der Waals surface area contributed by atoms with Gasteiger partial charge in [-0.3, -0.25) is 29.4 Å². The molecule has 3 aromatic carbocycles.